The number of ether oxygens (including phenoxy) is 2. The molecule has 2 aromatic heterocycles. The maximum atomic E-state index is 13.0. The summed E-state index contributed by atoms with van der Waals surface area (Å²) in [6.07, 6.45) is 1.39. The third kappa shape index (κ3) is 4.90. The van der Waals surface area contributed by atoms with Crippen LogP contribution in [0.3, 0.4) is 0 Å². The summed E-state index contributed by atoms with van der Waals surface area (Å²) < 4.78 is 11.6. The van der Waals surface area contributed by atoms with Crippen molar-refractivity contribution in [3.63, 3.8) is 0 Å². The van der Waals surface area contributed by atoms with Crippen LogP contribution in [-0.4, -0.2) is 35.7 Å². The average molecular weight is 469 g/mol. The first-order valence-electron chi connectivity index (χ1n) is 9.27. The van der Waals surface area contributed by atoms with E-state index in [4.69, 9.17) is 9.47 Å². The second-order valence-corrected chi connectivity index (χ2v) is 8.42. The van der Waals surface area contributed by atoms with Crippen LogP contribution in [0.2, 0.25) is 0 Å². The van der Waals surface area contributed by atoms with Gasteiger partial charge in [-0.15, -0.1) is 0 Å². The Morgan fingerprint density at radius 1 is 1.16 bits per heavy atom. The fourth-order valence-corrected chi connectivity index (χ4v) is 4.34. The summed E-state index contributed by atoms with van der Waals surface area (Å²) in [5.41, 5.74) is 0.689. The molecule has 0 saturated heterocycles. The number of carbonyl (C=O) groups excluding carboxylic acids is 1. The molecule has 2 aromatic carbocycles. The Bertz CT molecular complexity index is 1290. The van der Waals surface area contributed by atoms with E-state index < -0.39 is 10.8 Å². The molecule has 11 heteroatoms. The zero-order valence-corrected chi connectivity index (χ0v) is 18.3. The number of rotatable bonds is 8. The van der Waals surface area contributed by atoms with Crippen molar-refractivity contribution in [2.24, 2.45) is 5.10 Å². The summed E-state index contributed by atoms with van der Waals surface area (Å²) in [5.74, 6) is 0.780. The smallest absolute Gasteiger partial charge is 0.324 e. The summed E-state index contributed by atoms with van der Waals surface area (Å²) in [4.78, 5) is 28.5. The van der Waals surface area contributed by atoms with Crippen LogP contribution in [-0.2, 0) is 4.79 Å². The molecule has 0 radical (unpaired) electrons. The molecule has 4 rings (SSSR count). The van der Waals surface area contributed by atoms with Gasteiger partial charge in [0.2, 0.25) is 5.13 Å². The van der Waals surface area contributed by atoms with Crippen LogP contribution in [0, 0.1) is 10.1 Å². The summed E-state index contributed by atoms with van der Waals surface area (Å²) >= 11 is 2.23. The lowest BCUT2D eigenvalue weighted by molar-refractivity contribution is -0.380. The molecule has 0 unspecified atom stereocenters. The van der Waals surface area contributed by atoms with Crippen LogP contribution in [0.1, 0.15) is 4.88 Å². The second kappa shape index (κ2) is 9.54. The van der Waals surface area contributed by atoms with Gasteiger partial charge in [0.05, 0.1) is 33.3 Å². The first-order valence-corrected chi connectivity index (χ1v) is 10.9. The topological polar surface area (TPSA) is 107 Å². The highest BCUT2D eigenvalue weighted by Crippen LogP contribution is 2.32. The number of anilines is 1. The zero-order chi connectivity index (χ0) is 22.5. The van der Waals surface area contributed by atoms with Crippen LogP contribution < -0.4 is 14.5 Å². The molecule has 9 nitrogen and oxygen atoms in total. The zero-order valence-electron chi connectivity index (χ0n) is 16.7. The van der Waals surface area contributed by atoms with E-state index in [2.05, 4.69) is 10.1 Å². The van der Waals surface area contributed by atoms with Crippen LogP contribution >= 0.6 is 22.7 Å². The Morgan fingerprint density at radius 3 is 2.69 bits per heavy atom. The third-order valence-corrected chi connectivity index (χ3v) is 6.17. The minimum absolute atomic E-state index is 0.0104. The Morgan fingerprint density at radius 2 is 1.97 bits per heavy atom. The minimum atomic E-state index is -0.473. The second-order valence-electron chi connectivity index (χ2n) is 6.32. The van der Waals surface area contributed by atoms with Gasteiger partial charge in [-0.3, -0.25) is 14.9 Å². The minimum Gasteiger partial charge on any atom is -0.497 e. The van der Waals surface area contributed by atoms with E-state index in [-0.39, 0.29) is 11.6 Å². The molecule has 0 spiro atoms. The number of carbonyl (C=O) groups is 1. The molecule has 0 aliphatic rings. The number of benzene rings is 2. The highest BCUT2D eigenvalue weighted by molar-refractivity contribution is 7.22. The summed E-state index contributed by atoms with van der Waals surface area (Å²) in [6.45, 7) is -0.259. The van der Waals surface area contributed by atoms with Gasteiger partial charge in [-0.2, -0.15) is 10.1 Å². The first-order chi connectivity index (χ1) is 15.5. The maximum absolute atomic E-state index is 13.0. The number of thiazole rings is 1. The number of fused-ring (bicyclic) bond motifs is 1. The number of aromatic nitrogens is 1. The monoisotopic (exact) mass is 468 g/mol. The number of para-hydroxylation sites is 1. The fraction of sp³-hybridized carbons (Fsp3) is 0.0952. The van der Waals surface area contributed by atoms with Gasteiger partial charge in [0, 0.05) is 6.07 Å². The fourth-order valence-electron chi connectivity index (χ4n) is 2.68. The number of methoxy groups -OCH3 is 1. The van der Waals surface area contributed by atoms with Crippen molar-refractivity contribution in [3.05, 3.63) is 75.7 Å². The van der Waals surface area contributed by atoms with E-state index in [1.165, 1.54) is 23.6 Å². The molecule has 0 saturated carbocycles. The third-order valence-electron chi connectivity index (χ3n) is 4.20. The van der Waals surface area contributed by atoms with E-state index in [0.29, 0.717) is 27.0 Å². The van der Waals surface area contributed by atoms with Crippen molar-refractivity contribution >= 4 is 55.1 Å². The van der Waals surface area contributed by atoms with Crippen LogP contribution in [0.15, 0.2) is 65.8 Å². The van der Waals surface area contributed by atoms with E-state index in [0.717, 1.165) is 21.0 Å². The molecule has 0 N–H and O–H groups in total. The van der Waals surface area contributed by atoms with Gasteiger partial charge in [-0.1, -0.05) is 40.9 Å². The van der Waals surface area contributed by atoms with Gasteiger partial charge < -0.3 is 9.47 Å². The Kier molecular flexibility index (Phi) is 6.38. The highest BCUT2D eigenvalue weighted by atomic mass is 32.1. The van der Waals surface area contributed by atoms with Crippen molar-refractivity contribution in [2.75, 3.05) is 18.7 Å². The van der Waals surface area contributed by atoms with Crippen LogP contribution in [0.4, 0.5) is 10.1 Å². The average Bonchev–Trinajstić information content (AvgIpc) is 3.45. The van der Waals surface area contributed by atoms with E-state index in [1.54, 1.807) is 49.6 Å². The van der Waals surface area contributed by atoms with Crippen molar-refractivity contribution in [1.29, 1.82) is 0 Å². The lowest BCUT2D eigenvalue weighted by atomic mass is 10.3. The van der Waals surface area contributed by atoms with Gasteiger partial charge >= 0.3 is 5.00 Å². The van der Waals surface area contributed by atoms with Gasteiger partial charge in [0.15, 0.2) is 6.61 Å². The summed E-state index contributed by atoms with van der Waals surface area (Å²) in [7, 11) is 1.57. The lowest BCUT2D eigenvalue weighted by Gasteiger charge is -2.14. The molecule has 2 heterocycles. The Hall–Kier alpha value is -3.83. The van der Waals surface area contributed by atoms with Crippen LogP contribution in [0.5, 0.6) is 11.5 Å². The van der Waals surface area contributed by atoms with Crippen LogP contribution in [0.25, 0.3) is 10.2 Å². The molecule has 0 bridgehead atoms. The van der Waals surface area contributed by atoms with Gasteiger partial charge in [0.25, 0.3) is 5.91 Å². The lowest BCUT2D eigenvalue weighted by Crippen LogP contribution is -2.30. The quantitative estimate of drug-likeness (QED) is 0.210. The normalized spacial score (nSPS) is 11.0. The van der Waals surface area contributed by atoms with Crippen molar-refractivity contribution in [1.82, 2.24) is 4.98 Å². The molecule has 0 aliphatic heterocycles. The number of thiophene rings is 1. The van der Waals surface area contributed by atoms with Gasteiger partial charge in [0.1, 0.15) is 11.5 Å². The van der Waals surface area contributed by atoms with E-state index in [1.807, 2.05) is 12.1 Å². The number of hydrogen-bond donors (Lipinski definition) is 0. The molecule has 0 aliphatic carbocycles. The molecule has 32 heavy (non-hydrogen) atoms. The van der Waals surface area contributed by atoms with E-state index >= 15 is 0 Å². The first kappa shape index (κ1) is 21.4. The molecular weight excluding hydrogens is 452 g/mol. The van der Waals surface area contributed by atoms with E-state index in [9.17, 15) is 14.9 Å². The molecule has 4 aromatic rings. The Balaban J connectivity index is 1.62. The SMILES string of the molecule is COc1ccc2nc(N(/N=C/c3ccc([N+](=O)[O-])s3)C(=O)COc3ccccc3)sc2c1. The molecule has 1 amide bonds. The number of nitrogens with zero attached hydrogens (tertiary/aromatic N) is 4. The predicted octanol–water partition coefficient (Wildman–Crippen LogP) is 4.72. The van der Waals surface area contributed by atoms with Crippen molar-refractivity contribution in [3.8, 4) is 11.5 Å². The summed E-state index contributed by atoms with van der Waals surface area (Å²) in [6, 6.07) is 17.3. The largest absolute Gasteiger partial charge is 0.497 e. The van der Waals surface area contributed by atoms with Gasteiger partial charge in [-0.05, 0) is 36.4 Å². The number of amides is 1. The number of hydrazone groups is 1. The molecule has 0 fully saturated rings. The van der Waals surface area contributed by atoms with Crippen molar-refractivity contribution in [2.45, 2.75) is 0 Å². The molecule has 162 valence electrons. The number of nitro groups is 1. The molecular formula is C21H16N4O5S2. The summed E-state index contributed by atoms with van der Waals surface area (Å²) in [5, 5.41) is 16.7. The predicted molar refractivity (Wildman–Crippen MR) is 124 cm³/mol. The standard InChI is InChI=1S/C21H16N4O5S2/c1-29-15-7-9-17-18(11-15)32-21(23-17)24(19(26)13-30-14-5-3-2-4-6-14)22-12-16-8-10-20(31-16)25(27)28/h2-12H,13H2,1H3/b22-12+. The maximum Gasteiger partial charge on any atom is 0.324 e. The molecule has 0 atom stereocenters. The van der Waals surface area contributed by atoms with Gasteiger partial charge in [-0.25, -0.2) is 4.98 Å². The van der Waals surface area contributed by atoms with Crippen molar-refractivity contribution < 1.29 is 19.2 Å². The number of hydrogen-bond acceptors (Lipinski definition) is 9. The Labute approximate surface area is 190 Å². The highest BCUT2D eigenvalue weighted by Gasteiger charge is 2.20.